The lowest BCUT2D eigenvalue weighted by molar-refractivity contribution is -0.137. The van der Waals surface area contributed by atoms with Crippen LogP contribution in [0, 0.1) is 0 Å². The van der Waals surface area contributed by atoms with Crippen molar-refractivity contribution in [1.82, 2.24) is 4.90 Å². The van der Waals surface area contributed by atoms with Crippen LogP contribution in [0.3, 0.4) is 0 Å². The van der Waals surface area contributed by atoms with E-state index in [9.17, 15) is 18.0 Å². The first-order valence-electron chi connectivity index (χ1n) is 9.20. The van der Waals surface area contributed by atoms with Gasteiger partial charge in [0.25, 0.3) is 5.91 Å². The van der Waals surface area contributed by atoms with Crippen LogP contribution in [0.2, 0.25) is 0 Å². The Morgan fingerprint density at radius 1 is 1.18 bits per heavy atom. The van der Waals surface area contributed by atoms with Gasteiger partial charge in [0.2, 0.25) is 0 Å². The van der Waals surface area contributed by atoms with Gasteiger partial charge in [0.1, 0.15) is 5.71 Å². The number of nitrogens with zero attached hydrogens (tertiary/aromatic N) is 2. The molecule has 0 saturated carbocycles. The molecule has 28 heavy (non-hydrogen) atoms. The third kappa shape index (κ3) is 3.54. The van der Waals surface area contributed by atoms with Crippen molar-refractivity contribution in [2.24, 2.45) is 4.99 Å². The van der Waals surface area contributed by atoms with Gasteiger partial charge >= 0.3 is 6.18 Å². The molecule has 4 nitrogen and oxygen atoms in total. The normalized spacial score (nSPS) is 22.2. The monoisotopic (exact) mass is 388 g/mol. The summed E-state index contributed by atoms with van der Waals surface area (Å²) in [6.45, 7) is 1.16. The number of amides is 1. The minimum absolute atomic E-state index is 0.00314. The number of carbonyl (C=O) groups excluding carboxylic acids is 1. The number of hydrogen-bond acceptors (Lipinski definition) is 3. The van der Waals surface area contributed by atoms with Gasteiger partial charge in [0.15, 0.2) is 0 Å². The van der Waals surface area contributed by atoms with E-state index in [0.717, 1.165) is 30.7 Å². The largest absolute Gasteiger partial charge is 0.416 e. The van der Waals surface area contributed by atoms with E-state index in [1.165, 1.54) is 12.1 Å². The van der Waals surface area contributed by atoms with Crippen LogP contribution < -0.4 is 0 Å². The van der Waals surface area contributed by atoms with Gasteiger partial charge in [-0.1, -0.05) is 24.3 Å². The molecule has 0 spiro atoms. The molecule has 7 heteroatoms. The number of ether oxygens (including phenoxy) is 1. The van der Waals surface area contributed by atoms with E-state index in [1.807, 2.05) is 24.3 Å². The number of rotatable bonds is 2. The van der Waals surface area contributed by atoms with Crippen LogP contribution in [0.1, 0.15) is 24.8 Å². The Balaban J connectivity index is 1.75. The summed E-state index contributed by atoms with van der Waals surface area (Å²) in [4.78, 5) is 19.3. The number of aliphatic imine (C=N–C) groups is 1. The van der Waals surface area contributed by atoms with E-state index in [2.05, 4.69) is 4.99 Å². The number of allylic oxidation sites excluding steroid dienone is 5. The molecule has 1 aliphatic carbocycles. The minimum atomic E-state index is -4.46. The van der Waals surface area contributed by atoms with E-state index in [0.29, 0.717) is 25.2 Å². The number of hydrogen-bond donors (Lipinski definition) is 0. The lowest BCUT2D eigenvalue weighted by atomic mass is 10.1. The van der Waals surface area contributed by atoms with E-state index >= 15 is 0 Å². The summed E-state index contributed by atoms with van der Waals surface area (Å²) >= 11 is 0. The van der Waals surface area contributed by atoms with Crippen molar-refractivity contribution in [1.29, 1.82) is 0 Å². The summed E-state index contributed by atoms with van der Waals surface area (Å²) < 4.78 is 44.5. The second-order valence-corrected chi connectivity index (χ2v) is 6.86. The summed E-state index contributed by atoms with van der Waals surface area (Å²) in [5, 5.41) is 0. The van der Waals surface area contributed by atoms with Crippen molar-refractivity contribution in [2.45, 2.75) is 31.5 Å². The van der Waals surface area contributed by atoms with Crippen LogP contribution >= 0.6 is 0 Å². The van der Waals surface area contributed by atoms with E-state index in [4.69, 9.17) is 4.74 Å². The van der Waals surface area contributed by atoms with Gasteiger partial charge in [-0.25, -0.2) is 4.99 Å². The summed E-state index contributed by atoms with van der Waals surface area (Å²) in [5.74, 6) is -0.267. The van der Waals surface area contributed by atoms with Gasteiger partial charge in [0, 0.05) is 24.8 Å². The predicted octanol–water partition coefficient (Wildman–Crippen LogP) is 4.57. The maximum Gasteiger partial charge on any atom is 0.416 e. The zero-order chi connectivity index (χ0) is 19.7. The Bertz CT molecular complexity index is 906. The lowest BCUT2D eigenvalue weighted by Gasteiger charge is -2.31. The maximum atomic E-state index is 13.2. The summed E-state index contributed by atoms with van der Waals surface area (Å²) in [5.41, 5.74) is 0.967. The molecule has 146 valence electrons. The van der Waals surface area contributed by atoms with Crippen LogP contribution in [0.15, 0.2) is 64.8 Å². The highest BCUT2D eigenvalue weighted by Gasteiger charge is 2.41. The average molecular weight is 388 g/mol. The van der Waals surface area contributed by atoms with Crippen LogP contribution in [0.25, 0.3) is 0 Å². The number of benzene rings is 1. The number of likely N-dealkylation sites (tertiary alicyclic amines) is 1. The quantitative estimate of drug-likeness (QED) is 0.745. The lowest BCUT2D eigenvalue weighted by Crippen LogP contribution is -2.40. The molecule has 0 atom stereocenters. The minimum Gasteiger partial charge on any atom is -0.381 e. The molecule has 2 saturated heterocycles. The molecule has 0 bridgehead atoms. The Morgan fingerprint density at radius 3 is 2.71 bits per heavy atom. The number of halogens is 3. The van der Waals surface area contributed by atoms with Crippen molar-refractivity contribution in [3.8, 4) is 0 Å². The van der Waals surface area contributed by atoms with Crippen LogP contribution in [-0.4, -0.2) is 35.8 Å². The van der Waals surface area contributed by atoms with E-state index < -0.39 is 11.7 Å². The van der Waals surface area contributed by atoms with Crippen molar-refractivity contribution >= 4 is 17.3 Å². The molecular formula is C21H19F3N2O2. The molecular weight excluding hydrogens is 369 g/mol. The van der Waals surface area contributed by atoms with Gasteiger partial charge < -0.3 is 9.64 Å². The number of alkyl halides is 3. The van der Waals surface area contributed by atoms with Gasteiger partial charge in [-0.15, -0.1) is 0 Å². The van der Waals surface area contributed by atoms with Gasteiger partial charge in [-0.05, 0) is 43.5 Å². The van der Waals surface area contributed by atoms with Gasteiger partial charge in [0.05, 0.1) is 16.9 Å². The fourth-order valence-corrected chi connectivity index (χ4v) is 3.68. The molecule has 1 aromatic rings. The fourth-order valence-electron chi connectivity index (χ4n) is 3.68. The Morgan fingerprint density at radius 2 is 1.96 bits per heavy atom. The number of carbonyl (C=O) groups is 1. The zero-order valence-electron chi connectivity index (χ0n) is 15.1. The standard InChI is InChI=1S/C21H19F3N2O2/c22-21(23,24)14-5-4-6-15(13-14)25-19-17-7-2-1-3-8-18(17)26(20(19)27)16-9-11-28-12-10-16/h1,3-8,13,16H,2,9-12H2. The van der Waals surface area contributed by atoms with Crippen molar-refractivity contribution in [2.75, 3.05) is 13.2 Å². The second kappa shape index (κ2) is 7.39. The molecule has 4 rings (SSSR count). The molecule has 0 radical (unpaired) electrons. The van der Waals surface area contributed by atoms with Gasteiger partial charge in [-0.3, -0.25) is 4.79 Å². The first kappa shape index (κ1) is 18.7. The molecule has 2 heterocycles. The van der Waals surface area contributed by atoms with E-state index in [1.54, 1.807) is 4.90 Å². The molecule has 3 aliphatic rings. The molecule has 2 fully saturated rings. The predicted molar refractivity (Wildman–Crippen MR) is 99.1 cm³/mol. The third-order valence-corrected chi connectivity index (χ3v) is 5.03. The maximum absolute atomic E-state index is 13.2. The smallest absolute Gasteiger partial charge is 0.381 e. The molecule has 1 aromatic carbocycles. The Labute approximate surface area is 160 Å². The average Bonchev–Trinajstić information content (AvgIpc) is 2.83. The molecule has 1 amide bonds. The van der Waals surface area contributed by atoms with Crippen LogP contribution in [0.4, 0.5) is 18.9 Å². The molecule has 0 N–H and O–H groups in total. The molecule has 0 aromatic heterocycles. The SMILES string of the molecule is O=C1C(=Nc2cccc(C(F)(F)F)c2)C2=CCC=CC=C2N1C1CCOCC1. The van der Waals surface area contributed by atoms with Crippen LogP contribution in [-0.2, 0) is 15.7 Å². The Hall–Kier alpha value is -2.67. The third-order valence-electron chi connectivity index (χ3n) is 5.03. The first-order chi connectivity index (χ1) is 13.4. The van der Waals surface area contributed by atoms with Crippen molar-refractivity contribution in [3.63, 3.8) is 0 Å². The molecule has 0 unspecified atom stereocenters. The highest BCUT2D eigenvalue weighted by molar-refractivity contribution is 6.50. The second-order valence-electron chi connectivity index (χ2n) is 6.86. The highest BCUT2D eigenvalue weighted by Crippen LogP contribution is 2.36. The Kier molecular flexibility index (Phi) is 4.93. The highest BCUT2D eigenvalue weighted by atomic mass is 19.4. The first-order valence-corrected chi connectivity index (χ1v) is 9.20. The van der Waals surface area contributed by atoms with Crippen molar-refractivity contribution in [3.05, 3.63) is 65.4 Å². The topological polar surface area (TPSA) is 41.9 Å². The van der Waals surface area contributed by atoms with Crippen LogP contribution in [0.5, 0.6) is 0 Å². The number of fused-ring (bicyclic) bond motifs is 1. The zero-order valence-corrected chi connectivity index (χ0v) is 15.1. The fraction of sp³-hybridized carbons (Fsp3) is 0.333. The van der Waals surface area contributed by atoms with E-state index in [-0.39, 0.29) is 23.3 Å². The summed E-state index contributed by atoms with van der Waals surface area (Å²) in [7, 11) is 0. The summed E-state index contributed by atoms with van der Waals surface area (Å²) in [6.07, 6.45) is 5.25. The van der Waals surface area contributed by atoms with Gasteiger partial charge in [-0.2, -0.15) is 13.2 Å². The summed E-state index contributed by atoms with van der Waals surface area (Å²) in [6, 6.07) is 4.74. The van der Waals surface area contributed by atoms with Crippen molar-refractivity contribution < 1.29 is 22.7 Å². The molecule has 2 aliphatic heterocycles.